The molecule has 1 heterocycles. The molecule has 90 valence electrons. The molecular formula is C13H15FN2O. The molecule has 17 heavy (non-hydrogen) atoms. The zero-order valence-electron chi connectivity index (χ0n) is 9.50. The van der Waals surface area contributed by atoms with E-state index in [2.05, 4.69) is 10.6 Å². The third-order valence-electron chi connectivity index (χ3n) is 3.68. The van der Waals surface area contributed by atoms with E-state index in [1.165, 1.54) is 31.4 Å². The Labute approximate surface area is 99.4 Å². The van der Waals surface area contributed by atoms with Crippen LogP contribution in [0.15, 0.2) is 18.2 Å². The van der Waals surface area contributed by atoms with Crippen molar-refractivity contribution < 1.29 is 9.18 Å². The first-order valence-electron chi connectivity index (χ1n) is 6.08. The molecule has 0 saturated heterocycles. The lowest BCUT2D eigenvalue weighted by Gasteiger charge is -2.26. The van der Waals surface area contributed by atoms with Crippen molar-refractivity contribution in [1.29, 1.82) is 0 Å². The summed E-state index contributed by atoms with van der Waals surface area (Å²) in [5, 5.41) is 6.00. The van der Waals surface area contributed by atoms with Crippen LogP contribution in [0.4, 0.5) is 10.1 Å². The Morgan fingerprint density at radius 1 is 1.41 bits per heavy atom. The molecule has 0 spiro atoms. The van der Waals surface area contributed by atoms with E-state index in [9.17, 15) is 9.18 Å². The Bertz CT molecular complexity index is 457. The van der Waals surface area contributed by atoms with Gasteiger partial charge in [0.2, 0.25) is 5.91 Å². The Morgan fingerprint density at radius 3 is 2.94 bits per heavy atom. The lowest BCUT2D eigenvalue weighted by atomic mass is 9.85. The first kappa shape index (κ1) is 10.7. The van der Waals surface area contributed by atoms with Crippen LogP contribution in [0.3, 0.4) is 0 Å². The lowest BCUT2D eigenvalue weighted by Crippen LogP contribution is -2.33. The van der Waals surface area contributed by atoms with Crippen molar-refractivity contribution >= 4 is 11.6 Å². The highest BCUT2D eigenvalue weighted by atomic mass is 19.1. The van der Waals surface area contributed by atoms with E-state index in [4.69, 9.17) is 0 Å². The average molecular weight is 234 g/mol. The number of anilines is 1. The molecule has 1 saturated carbocycles. The topological polar surface area (TPSA) is 41.1 Å². The van der Waals surface area contributed by atoms with Gasteiger partial charge in [0.1, 0.15) is 11.9 Å². The summed E-state index contributed by atoms with van der Waals surface area (Å²) in [5.41, 5.74) is 1.46. The number of carbonyl (C=O) groups is 1. The van der Waals surface area contributed by atoms with Gasteiger partial charge < -0.3 is 10.6 Å². The normalized spacial score (nSPS) is 23.1. The Balaban J connectivity index is 1.75. The predicted molar refractivity (Wildman–Crippen MR) is 63.1 cm³/mol. The zero-order valence-corrected chi connectivity index (χ0v) is 9.50. The summed E-state index contributed by atoms with van der Waals surface area (Å²) in [4.78, 5) is 11.8. The third kappa shape index (κ3) is 1.93. The van der Waals surface area contributed by atoms with E-state index in [0.29, 0.717) is 5.92 Å². The average Bonchev–Trinajstić information content (AvgIpc) is 2.53. The summed E-state index contributed by atoms with van der Waals surface area (Å²) in [6, 6.07) is 4.04. The highest BCUT2D eigenvalue weighted by Crippen LogP contribution is 2.32. The number of halogens is 1. The van der Waals surface area contributed by atoms with E-state index in [1.807, 2.05) is 0 Å². The number of amides is 1. The van der Waals surface area contributed by atoms with Crippen molar-refractivity contribution in [3.63, 3.8) is 0 Å². The summed E-state index contributed by atoms with van der Waals surface area (Å²) in [7, 11) is 0. The van der Waals surface area contributed by atoms with Gasteiger partial charge in [0.15, 0.2) is 0 Å². The molecule has 3 nitrogen and oxygen atoms in total. The minimum atomic E-state index is -0.388. The second-order valence-corrected chi connectivity index (χ2v) is 4.86. The van der Waals surface area contributed by atoms with Gasteiger partial charge in [-0.2, -0.15) is 0 Å². The molecule has 0 radical (unpaired) electrons. The number of nitrogens with one attached hydrogen (secondary N) is 2. The van der Waals surface area contributed by atoms with Crippen LogP contribution in [0.5, 0.6) is 0 Å². The Morgan fingerprint density at radius 2 is 2.24 bits per heavy atom. The number of hydrogen-bond acceptors (Lipinski definition) is 2. The lowest BCUT2D eigenvalue weighted by molar-refractivity contribution is -0.117. The van der Waals surface area contributed by atoms with E-state index in [-0.39, 0.29) is 17.8 Å². The molecule has 2 aliphatic rings. The fourth-order valence-corrected chi connectivity index (χ4v) is 2.42. The van der Waals surface area contributed by atoms with Gasteiger partial charge in [-0.1, -0.05) is 6.42 Å². The smallest absolute Gasteiger partial charge is 0.246 e. The predicted octanol–water partition coefficient (Wildman–Crippen LogP) is 2.21. The molecule has 1 aromatic carbocycles. The van der Waals surface area contributed by atoms with Gasteiger partial charge in [-0.15, -0.1) is 0 Å². The molecule has 4 heteroatoms. The highest BCUT2D eigenvalue weighted by Gasteiger charge is 2.31. The maximum atomic E-state index is 13.2. The van der Waals surface area contributed by atoms with Crippen molar-refractivity contribution in [3.8, 4) is 0 Å². The second kappa shape index (κ2) is 4.11. The fraction of sp³-hybridized carbons (Fsp3) is 0.462. The quantitative estimate of drug-likeness (QED) is 0.841. The van der Waals surface area contributed by atoms with Crippen molar-refractivity contribution in [1.82, 2.24) is 5.32 Å². The number of carbonyl (C=O) groups excluding carboxylic acids is 1. The molecule has 1 aliphatic heterocycles. The monoisotopic (exact) mass is 234 g/mol. The van der Waals surface area contributed by atoms with Gasteiger partial charge in [0.25, 0.3) is 0 Å². The first-order valence-corrected chi connectivity index (χ1v) is 6.08. The van der Waals surface area contributed by atoms with Crippen LogP contribution < -0.4 is 10.6 Å². The molecule has 3 rings (SSSR count). The van der Waals surface area contributed by atoms with Crippen molar-refractivity contribution in [3.05, 3.63) is 29.6 Å². The SMILES string of the molecule is O=C1Nc2ccc(F)cc2C1NCC1CCC1. The van der Waals surface area contributed by atoms with Gasteiger partial charge in [-0.05, 0) is 43.5 Å². The van der Waals surface area contributed by atoms with Crippen molar-refractivity contribution in [2.45, 2.75) is 25.3 Å². The minimum Gasteiger partial charge on any atom is -0.324 e. The Hall–Kier alpha value is -1.42. The molecule has 1 aliphatic carbocycles. The number of fused-ring (bicyclic) bond motifs is 1. The van der Waals surface area contributed by atoms with Crippen molar-refractivity contribution in [2.75, 3.05) is 11.9 Å². The van der Waals surface area contributed by atoms with Crippen LogP contribution in [-0.2, 0) is 4.79 Å². The van der Waals surface area contributed by atoms with Crippen LogP contribution in [0.1, 0.15) is 30.9 Å². The molecule has 1 atom stereocenters. The third-order valence-corrected chi connectivity index (χ3v) is 3.68. The largest absolute Gasteiger partial charge is 0.324 e. The van der Waals surface area contributed by atoms with Crippen LogP contribution in [0.25, 0.3) is 0 Å². The van der Waals surface area contributed by atoms with E-state index < -0.39 is 0 Å². The van der Waals surface area contributed by atoms with E-state index >= 15 is 0 Å². The van der Waals surface area contributed by atoms with Crippen LogP contribution in [0, 0.1) is 11.7 Å². The van der Waals surface area contributed by atoms with E-state index in [0.717, 1.165) is 17.8 Å². The van der Waals surface area contributed by atoms with Gasteiger partial charge in [-0.25, -0.2) is 4.39 Å². The zero-order chi connectivity index (χ0) is 11.8. The summed E-state index contributed by atoms with van der Waals surface area (Å²) >= 11 is 0. The van der Waals surface area contributed by atoms with Crippen LogP contribution in [-0.4, -0.2) is 12.5 Å². The van der Waals surface area contributed by atoms with Gasteiger partial charge >= 0.3 is 0 Å². The van der Waals surface area contributed by atoms with Crippen LogP contribution >= 0.6 is 0 Å². The summed E-state index contributed by atoms with van der Waals surface area (Å²) in [5.74, 6) is 0.307. The van der Waals surface area contributed by atoms with E-state index in [1.54, 1.807) is 6.07 Å². The van der Waals surface area contributed by atoms with Crippen LogP contribution in [0.2, 0.25) is 0 Å². The maximum Gasteiger partial charge on any atom is 0.246 e. The van der Waals surface area contributed by atoms with Gasteiger partial charge in [-0.3, -0.25) is 4.79 Å². The molecule has 2 N–H and O–H groups in total. The second-order valence-electron chi connectivity index (χ2n) is 4.86. The molecule has 1 aromatic rings. The molecule has 1 fully saturated rings. The first-order chi connectivity index (χ1) is 8.24. The molecule has 0 aromatic heterocycles. The molecule has 1 unspecified atom stereocenters. The molecule has 0 bridgehead atoms. The number of benzene rings is 1. The fourth-order valence-electron chi connectivity index (χ4n) is 2.42. The van der Waals surface area contributed by atoms with Gasteiger partial charge in [0, 0.05) is 11.3 Å². The number of hydrogen-bond donors (Lipinski definition) is 2. The highest BCUT2D eigenvalue weighted by molar-refractivity contribution is 6.02. The maximum absolute atomic E-state index is 13.2. The minimum absolute atomic E-state index is 0.0788. The standard InChI is InChI=1S/C13H15FN2O/c14-9-4-5-11-10(6-9)12(13(17)16-11)15-7-8-2-1-3-8/h4-6,8,12,15H,1-3,7H2,(H,16,17). The van der Waals surface area contributed by atoms with Gasteiger partial charge in [0.05, 0.1) is 0 Å². The van der Waals surface area contributed by atoms with Crippen molar-refractivity contribution in [2.24, 2.45) is 5.92 Å². The number of rotatable bonds is 3. The molecule has 1 amide bonds. The Kier molecular flexibility index (Phi) is 2.59. The summed E-state index contributed by atoms with van der Waals surface area (Å²) < 4.78 is 13.2. The molecular weight excluding hydrogens is 219 g/mol. The summed E-state index contributed by atoms with van der Waals surface area (Å²) in [6.07, 6.45) is 3.75. The summed E-state index contributed by atoms with van der Waals surface area (Å²) in [6.45, 7) is 0.841.